The fourth-order valence-electron chi connectivity index (χ4n) is 1.98. The SMILES string of the molecule is CC(C)(C)CC(CO)NC(=O)c1cccnc1OCC(F)F. The molecule has 1 unspecified atom stereocenters. The summed E-state index contributed by atoms with van der Waals surface area (Å²) < 4.78 is 29.3. The Morgan fingerprint density at radius 2 is 2.14 bits per heavy atom. The monoisotopic (exact) mass is 316 g/mol. The molecule has 124 valence electrons. The first-order valence-corrected chi connectivity index (χ1v) is 7.00. The molecule has 0 aliphatic carbocycles. The van der Waals surface area contributed by atoms with Gasteiger partial charge in [-0.3, -0.25) is 4.79 Å². The minimum absolute atomic E-state index is 0.0653. The summed E-state index contributed by atoms with van der Waals surface area (Å²) in [5, 5.41) is 12.0. The van der Waals surface area contributed by atoms with E-state index in [1.165, 1.54) is 18.3 Å². The Balaban J connectivity index is 2.79. The fourth-order valence-corrected chi connectivity index (χ4v) is 1.98. The molecule has 1 heterocycles. The first-order chi connectivity index (χ1) is 10.2. The maximum absolute atomic E-state index is 12.2. The highest BCUT2D eigenvalue weighted by atomic mass is 19.3. The zero-order valence-corrected chi connectivity index (χ0v) is 13.0. The van der Waals surface area contributed by atoms with Crippen LogP contribution in [-0.4, -0.2) is 41.7 Å². The minimum Gasteiger partial charge on any atom is -0.471 e. The molecule has 1 aromatic rings. The van der Waals surface area contributed by atoms with E-state index >= 15 is 0 Å². The summed E-state index contributed by atoms with van der Waals surface area (Å²) in [5.74, 6) is -0.659. The van der Waals surface area contributed by atoms with Crippen molar-refractivity contribution in [2.24, 2.45) is 5.41 Å². The molecule has 1 amide bonds. The number of pyridine rings is 1. The molecule has 2 N–H and O–H groups in total. The van der Waals surface area contributed by atoms with Crippen LogP contribution in [0.2, 0.25) is 0 Å². The Labute approximate surface area is 128 Å². The minimum atomic E-state index is -2.65. The predicted molar refractivity (Wildman–Crippen MR) is 78.1 cm³/mol. The first-order valence-electron chi connectivity index (χ1n) is 7.00. The van der Waals surface area contributed by atoms with Gasteiger partial charge in [-0.25, -0.2) is 13.8 Å². The van der Waals surface area contributed by atoms with Crippen LogP contribution in [-0.2, 0) is 0 Å². The Kier molecular flexibility index (Phi) is 6.67. The van der Waals surface area contributed by atoms with Crippen molar-refractivity contribution >= 4 is 5.91 Å². The van der Waals surface area contributed by atoms with Gasteiger partial charge in [-0.05, 0) is 24.0 Å². The summed E-state index contributed by atoms with van der Waals surface area (Å²) in [4.78, 5) is 16.0. The van der Waals surface area contributed by atoms with Crippen LogP contribution in [0.15, 0.2) is 18.3 Å². The molecule has 0 aliphatic rings. The Morgan fingerprint density at radius 1 is 1.45 bits per heavy atom. The molecule has 1 rings (SSSR count). The van der Waals surface area contributed by atoms with Crippen molar-refractivity contribution in [2.75, 3.05) is 13.2 Å². The highest BCUT2D eigenvalue weighted by molar-refractivity contribution is 5.96. The van der Waals surface area contributed by atoms with Gasteiger partial charge in [0.2, 0.25) is 5.88 Å². The van der Waals surface area contributed by atoms with Crippen molar-refractivity contribution in [1.82, 2.24) is 10.3 Å². The molecule has 0 radical (unpaired) electrons. The van der Waals surface area contributed by atoms with Crippen LogP contribution in [0.1, 0.15) is 37.6 Å². The molecule has 0 aromatic carbocycles. The molecule has 0 aliphatic heterocycles. The number of aliphatic hydroxyl groups excluding tert-OH is 1. The van der Waals surface area contributed by atoms with Crippen molar-refractivity contribution in [2.45, 2.75) is 39.7 Å². The average molecular weight is 316 g/mol. The second-order valence-electron chi connectivity index (χ2n) is 6.18. The summed E-state index contributed by atoms with van der Waals surface area (Å²) in [5.41, 5.74) is -0.0135. The third kappa shape index (κ3) is 6.34. The highest BCUT2D eigenvalue weighted by Crippen LogP contribution is 2.21. The maximum Gasteiger partial charge on any atom is 0.272 e. The number of halogens is 2. The summed E-state index contributed by atoms with van der Waals surface area (Å²) in [6, 6.07) is 2.52. The topological polar surface area (TPSA) is 71.5 Å². The van der Waals surface area contributed by atoms with Crippen molar-refractivity contribution in [3.05, 3.63) is 23.9 Å². The average Bonchev–Trinajstić information content (AvgIpc) is 2.43. The predicted octanol–water partition coefficient (Wildman–Crippen LogP) is 2.25. The summed E-state index contributed by atoms with van der Waals surface area (Å²) >= 11 is 0. The molecule has 0 saturated heterocycles. The molecular formula is C15H22F2N2O3. The molecule has 22 heavy (non-hydrogen) atoms. The zero-order chi connectivity index (χ0) is 16.8. The van der Waals surface area contributed by atoms with E-state index in [-0.39, 0.29) is 23.5 Å². The Morgan fingerprint density at radius 3 is 2.68 bits per heavy atom. The summed E-state index contributed by atoms with van der Waals surface area (Å²) in [7, 11) is 0. The van der Waals surface area contributed by atoms with Crippen LogP contribution in [0.4, 0.5) is 8.78 Å². The van der Waals surface area contributed by atoms with E-state index in [2.05, 4.69) is 10.3 Å². The number of hydrogen-bond donors (Lipinski definition) is 2. The lowest BCUT2D eigenvalue weighted by atomic mass is 9.88. The van der Waals surface area contributed by atoms with Gasteiger partial charge in [0, 0.05) is 6.20 Å². The van der Waals surface area contributed by atoms with E-state index in [0.717, 1.165) is 0 Å². The fraction of sp³-hybridized carbons (Fsp3) is 0.600. The van der Waals surface area contributed by atoms with Crippen LogP contribution in [0, 0.1) is 5.41 Å². The van der Waals surface area contributed by atoms with Crippen LogP contribution in [0.3, 0.4) is 0 Å². The highest BCUT2D eigenvalue weighted by Gasteiger charge is 2.22. The van der Waals surface area contributed by atoms with Gasteiger partial charge in [0.1, 0.15) is 5.56 Å². The second-order valence-corrected chi connectivity index (χ2v) is 6.18. The zero-order valence-electron chi connectivity index (χ0n) is 13.0. The largest absolute Gasteiger partial charge is 0.471 e. The number of rotatable bonds is 7. The smallest absolute Gasteiger partial charge is 0.272 e. The Bertz CT molecular complexity index is 490. The number of alkyl halides is 2. The molecule has 0 bridgehead atoms. The summed E-state index contributed by atoms with van der Waals surface area (Å²) in [6.45, 7) is 4.93. The van der Waals surface area contributed by atoms with E-state index in [9.17, 15) is 18.7 Å². The maximum atomic E-state index is 12.2. The van der Waals surface area contributed by atoms with Crippen LogP contribution < -0.4 is 10.1 Å². The quantitative estimate of drug-likeness (QED) is 0.809. The van der Waals surface area contributed by atoms with Gasteiger partial charge in [-0.2, -0.15) is 0 Å². The van der Waals surface area contributed by atoms with Gasteiger partial charge >= 0.3 is 0 Å². The number of aromatic nitrogens is 1. The van der Waals surface area contributed by atoms with Gasteiger partial charge < -0.3 is 15.2 Å². The van der Waals surface area contributed by atoms with E-state index in [0.29, 0.717) is 6.42 Å². The van der Waals surface area contributed by atoms with E-state index in [1.54, 1.807) is 0 Å². The van der Waals surface area contributed by atoms with Gasteiger partial charge in [-0.15, -0.1) is 0 Å². The standard InChI is InChI=1S/C15H22F2N2O3/c1-15(2,3)7-10(8-20)19-13(21)11-5-4-6-18-14(11)22-9-12(16)17/h4-6,10,12,20H,7-9H2,1-3H3,(H,19,21). The number of carbonyl (C=O) groups is 1. The normalized spacial score (nSPS) is 13.0. The van der Waals surface area contributed by atoms with Crippen LogP contribution >= 0.6 is 0 Å². The Hall–Kier alpha value is -1.76. The molecule has 0 fully saturated rings. The van der Waals surface area contributed by atoms with E-state index in [4.69, 9.17) is 4.74 Å². The van der Waals surface area contributed by atoms with Gasteiger partial charge in [-0.1, -0.05) is 20.8 Å². The van der Waals surface area contributed by atoms with Crippen LogP contribution in [0.25, 0.3) is 0 Å². The molecule has 5 nitrogen and oxygen atoms in total. The van der Waals surface area contributed by atoms with Crippen molar-refractivity contribution < 1.29 is 23.4 Å². The molecule has 0 spiro atoms. The second kappa shape index (κ2) is 8.03. The third-order valence-electron chi connectivity index (χ3n) is 2.78. The van der Waals surface area contributed by atoms with Crippen molar-refractivity contribution in [3.63, 3.8) is 0 Å². The molecular weight excluding hydrogens is 294 g/mol. The van der Waals surface area contributed by atoms with Gasteiger partial charge in [0.15, 0.2) is 6.61 Å². The number of nitrogens with one attached hydrogen (secondary N) is 1. The number of aliphatic hydroxyl groups is 1. The molecule has 1 atom stereocenters. The lowest BCUT2D eigenvalue weighted by Crippen LogP contribution is -2.40. The number of amides is 1. The number of ether oxygens (including phenoxy) is 1. The number of nitrogens with zero attached hydrogens (tertiary/aromatic N) is 1. The summed E-state index contributed by atoms with van der Waals surface area (Å²) in [6.07, 6.45) is -0.720. The molecule has 7 heteroatoms. The van der Waals surface area contributed by atoms with E-state index < -0.39 is 25.0 Å². The first kappa shape index (κ1) is 18.3. The number of carbonyl (C=O) groups excluding carboxylic acids is 1. The van der Waals surface area contributed by atoms with E-state index in [1.807, 2.05) is 20.8 Å². The van der Waals surface area contributed by atoms with Crippen molar-refractivity contribution in [1.29, 1.82) is 0 Å². The lowest BCUT2D eigenvalue weighted by molar-refractivity contribution is 0.0764. The van der Waals surface area contributed by atoms with Crippen LogP contribution in [0.5, 0.6) is 5.88 Å². The van der Waals surface area contributed by atoms with Gasteiger partial charge in [0.25, 0.3) is 12.3 Å². The number of hydrogen-bond acceptors (Lipinski definition) is 4. The lowest BCUT2D eigenvalue weighted by Gasteiger charge is -2.25. The molecule has 1 aromatic heterocycles. The van der Waals surface area contributed by atoms with Gasteiger partial charge in [0.05, 0.1) is 12.6 Å². The van der Waals surface area contributed by atoms with Crippen molar-refractivity contribution in [3.8, 4) is 5.88 Å². The third-order valence-corrected chi connectivity index (χ3v) is 2.78. The molecule has 0 saturated carbocycles.